The number of carboxylic acids is 1. The third-order valence-electron chi connectivity index (χ3n) is 4.38. The summed E-state index contributed by atoms with van der Waals surface area (Å²) >= 11 is 0. The normalized spacial score (nSPS) is 12.1. The molecule has 0 radical (unpaired) electrons. The van der Waals surface area contributed by atoms with Gasteiger partial charge in [-0.25, -0.2) is 19.4 Å². The first-order valence-electron chi connectivity index (χ1n) is 11.2. The van der Waals surface area contributed by atoms with Crippen LogP contribution in [0.4, 0.5) is 15.4 Å². The van der Waals surface area contributed by atoms with Crippen molar-refractivity contribution in [1.29, 1.82) is 0 Å². The van der Waals surface area contributed by atoms with E-state index >= 15 is 0 Å². The molecule has 10 nitrogen and oxygen atoms in total. The maximum atomic E-state index is 12.1. The topological polar surface area (TPSA) is 136 Å². The van der Waals surface area contributed by atoms with Crippen LogP contribution in [0.25, 0.3) is 0 Å². The van der Waals surface area contributed by atoms with Crippen molar-refractivity contribution in [2.45, 2.75) is 72.0 Å². The lowest BCUT2D eigenvalue weighted by Gasteiger charge is -2.19. The van der Waals surface area contributed by atoms with E-state index in [1.165, 1.54) is 6.20 Å². The van der Waals surface area contributed by atoms with Crippen molar-refractivity contribution in [3.05, 3.63) is 59.3 Å². The van der Waals surface area contributed by atoms with Crippen LogP contribution in [0.5, 0.6) is 0 Å². The summed E-state index contributed by atoms with van der Waals surface area (Å²) in [4.78, 5) is 39.4. The van der Waals surface area contributed by atoms with E-state index in [4.69, 9.17) is 14.2 Å². The molecule has 0 fully saturated rings. The largest absolute Gasteiger partial charge is 0.479 e. The van der Waals surface area contributed by atoms with Crippen LogP contribution in [-0.2, 0) is 38.6 Å². The number of carbonyl (C=O) groups excluding carboxylic acids is 2. The number of nitrogens with one attached hydrogen (secondary N) is 2. The number of alkyl carbamates (subject to hydrolysis) is 1. The number of nitrogens with zero attached hydrogens (tertiary/aromatic N) is 1. The molecule has 2 rings (SSSR count). The maximum Gasteiger partial charge on any atom is 0.413 e. The van der Waals surface area contributed by atoms with Gasteiger partial charge in [0.2, 0.25) is 0 Å². The van der Waals surface area contributed by atoms with Crippen LogP contribution in [0.2, 0.25) is 0 Å². The van der Waals surface area contributed by atoms with Gasteiger partial charge in [0.15, 0.2) is 6.10 Å². The number of benzene rings is 1. The van der Waals surface area contributed by atoms with Gasteiger partial charge in [0, 0.05) is 24.7 Å². The maximum absolute atomic E-state index is 12.1. The van der Waals surface area contributed by atoms with Crippen LogP contribution in [0.15, 0.2) is 42.6 Å². The SMILES string of the molecule is CC(C)OC(Cc1cccc(CNC(=O)OCc2ccc(NC(=O)OC(C)(C)C)nc2)c1)C(=O)O. The Bertz CT molecular complexity index is 1000. The molecule has 0 saturated heterocycles. The summed E-state index contributed by atoms with van der Waals surface area (Å²) in [5, 5.41) is 14.5. The summed E-state index contributed by atoms with van der Waals surface area (Å²) in [5.41, 5.74) is 1.61. The number of amides is 2. The number of ether oxygens (including phenoxy) is 3. The van der Waals surface area contributed by atoms with Gasteiger partial charge < -0.3 is 24.6 Å². The predicted octanol–water partition coefficient (Wildman–Crippen LogP) is 4.28. The van der Waals surface area contributed by atoms with Crippen molar-refractivity contribution >= 4 is 24.0 Å². The Morgan fingerprint density at radius 2 is 1.74 bits per heavy atom. The lowest BCUT2D eigenvalue weighted by atomic mass is 10.0. The number of hydrogen-bond acceptors (Lipinski definition) is 7. The van der Waals surface area contributed by atoms with E-state index in [1.807, 2.05) is 18.2 Å². The Kier molecular flexibility index (Phi) is 10.0. The minimum atomic E-state index is -1.02. The molecule has 35 heavy (non-hydrogen) atoms. The Morgan fingerprint density at radius 1 is 1.03 bits per heavy atom. The molecule has 0 bridgehead atoms. The highest BCUT2D eigenvalue weighted by Gasteiger charge is 2.20. The van der Waals surface area contributed by atoms with Crippen LogP contribution < -0.4 is 10.6 Å². The molecule has 190 valence electrons. The Labute approximate surface area is 205 Å². The first-order valence-corrected chi connectivity index (χ1v) is 11.2. The minimum absolute atomic E-state index is 0.00156. The fourth-order valence-corrected chi connectivity index (χ4v) is 2.97. The number of pyridine rings is 1. The monoisotopic (exact) mass is 487 g/mol. The molecule has 1 atom stereocenters. The lowest BCUT2D eigenvalue weighted by Crippen LogP contribution is -2.29. The third-order valence-corrected chi connectivity index (χ3v) is 4.38. The molecule has 1 aromatic carbocycles. The summed E-state index contributed by atoms with van der Waals surface area (Å²) in [7, 11) is 0. The number of carboxylic acid groups (broad SMARTS) is 1. The van der Waals surface area contributed by atoms with Gasteiger partial charge in [-0.2, -0.15) is 0 Å². The van der Waals surface area contributed by atoms with Gasteiger partial charge in [-0.1, -0.05) is 30.3 Å². The second-order valence-corrected chi connectivity index (χ2v) is 9.14. The average Bonchev–Trinajstić information content (AvgIpc) is 2.75. The second kappa shape index (κ2) is 12.7. The summed E-state index contributed by atoms with van der Waals surface area (Å²) in [6, 6.07) is 10.5. The molecule has 1 aromatic heterocycles. The highest BCUT2D eigenvalue weighted by molar-refractivity contribution is 5.83. The number of aliphatic carboxylic acids is 1. The molecule has 1 heterocycles. The third kappa shape index (κ3) is 10.9. The fourth-order valence-electron chi connectivity index (χ4n) is 2.97. The number of aromatic nitrogens is 1. The first kappa shape index (κ1) is 27.6. The van der Waals surface area contributed by atoms with Gasteiger partial charge in [0.1, 0.15) is 18.0 Å². The fraction of sp³-hybridized carbons (Fsp3) is 0.440. The molecule has 0 spiro atoms. The average molecular weight is 488 g/mol. The lowest BCUT2D eigenvalue weighted by molar-refractivity contribution is -0.153. The molecule has 3 N–H and O–H groups in total. The summed E-state index contributed by atoms with van der Waals surface area (Å²) in [5.74, 6) is -0.704. The zero-order valence-electron chi connectivity index (χ0n) is 20.7. The molecule has 2 amide bonds. The van der Waals surface area contributed by atoms with E-state index < -0.39 is 29.9 Å². The number of rotatable bonds is 10. The van der Waals surface area contributed by atoms with E-state index in [-0.39, 0.29) is 25.7 Å². The molecule has 0 aliphatic heterocycles. The van der Waals surface area contributed by atoms with Crippen molar-refractivity contribution in [3.63, 3.8) is 0 Å². The molecule has 10 heteroatoms. The van der Waals surface area contributed by atoms with Crippen molar-refractivity contribution in [2.24, 2.45) is 0 Å². The van der Waals surface area contributed by atoms with Gasteiger partial charge in [-0.15, -0.1) is 0 Å². The summed E-state index contributed by atoms with van der Waals surface area (Å²) in [6.07, 6.45) is -0.661. The second-order valence-electron chi connectivity index (χ2n) is 9.14. The molecule has 0 aliphatic rings. The van der Waals surface area contributed by atoms with Crippen molar-refractivity contribution in [1.82, 2.24) is 10.3 Å². The molecular formula is C25H33N3O7. The van der Waals surface area contributed by atoms with Crippen LogP contribution >= 0.6 is 0 Å². The first-order chi connectivity index (χ1) is 16.4. The highest BCUT2D eigenvalue weighted by Crippen LogP contribution is 2.13. The van der Waals surface area contributed by atoms with E-state index in [9.17, 15) is 19.5 Å². The number of hydrogen-bond donors (Lipinski definition) is 3. The number of anilines is 1. The smallest absolute Gasteiger partial charge is 0.413 e. The minimum Gasteiger partial charge on any atom is -0.479 e. The zero-order valence-corrected chi connectivity index (χ0v) is 20.7. The van der Waals surface area contributed by atoms with Gasteiger partial charge in [-0.3, -0.25) is 5.32 Å². The van der Waals surface area contributed by atoms with Gasteiger partial charge in [0.05, 0.1) is 6.10 Å². The van der Waals surface area contributed by atoms with Crippen LogP contribution in [-0.4, -0.2) is 46.1 Å². The number of carbonyl (C=O) groups is 3. The summed E-state index contributed by atoms with van der Waals surface area (Å²) < 4.78 is 15.8. The van der Waals surface area contributed by atoms with Crippen LogP contribution in [0.1, 0.15) is 51.3 Å². The molecule has 0 saturated carbocycles. The summed E-state index contributed by atoms with van der Waals surface area (Å²) in [6.45, 7) is 9.07. The Hall–Kier alpha value is -3.66. The van der Waals surface area contributed by atoms with Crippen molar-refractivity contribution in [2.75, 3.05) is 5.32 Å². The van der Waals surface area contributed by atoms with Crippen molar-refractivity contribution in [3.8, 4) is 0 Å². The van der Waals surface area contributed by atoms with Crippen LogP contribution in [0.3, 0.4) is 0 Å². The van der Waals surface area contributed by atoms with E-state index in [1.54, 1.807) is 52.8 Å². The quantitative estimate of drug-likeness (QED) is 0.452. The van der Waals surface area contributed by atoms with Crippen LogP contribution in [0, 0.1) is 0 Å². The zero-order chi connectivity index (χ0) is 26.0. The highest BCUT2D eigenvalue weighted by atomic mass is 16.6. The van der Waals surface area contributed by atoms with E-state index in [0.717, 1.165) is 11.1 Å². The van der Waals surface area contributed by atoms with E-state index in [2.05, 4.69) is 15.6 Å². The van der Waals surface area contributed by atoms with Gasteiger partial charge in [-0.05, 0) is 51.8 Å². The molecule has 1 unspecified atom stereocenters. The van der Waals surface area contributed by atoms with Gasteiger partial charge >= 0.3 is 18.2 Å². The van der Waals surface area contributed by atoms with Gasteiger partial charge in [0.25, 0.3) is 0 Å². The molecule has 0 aliphatic carbocycles. The molecule has 2 aromatic rings. The van der Waals surface area contributed by atoms with Crippen molar-refractivity contribution < 1.29 is 33.7 Å². The Morgan fingerprint density at radius 3 is 2.34 bits per heavy atom. The molecular weight excluding hydrogens is 454 g/mol. The Balaban J connectivity index is 1.80. The standard InChI is InChI=1S/C25H33N3O7/c1-16(2)34-20(22(29)30)12-17-7-6-8-18(11-17)13-27-23(31)33-15-19-9-10-21(26-14-19)28-24(32)35-25(3,4)5/h6-11,14,16,20H,12-13,15H2,1-5H3,(H,27,31)(H,29,30)(H,26,28,32). The van der Waals surface area contributed by atoms with E-state index in [0.29, 0.717) is 11.4 Å². The predicted molar refractivity (Wildman–Crippen MR) is 129 cm³/mol.